The van der Waals surface area contributed by atoms with Crippen molar-refractivity contribution in [3.05, 3.63) is 33.0 Å². The van der Waals surface area contributed by atoms with E-state index in [-0.39, 0.29) is 0 Å². The summed E-state index contributed by atoms with van der Waals surface area (Å²) in [7, 11) is -1.10. The predicted octanol–water partition coefficient (Wildman–Crippen LogP) is 4.99. The lowest BCUT2D eigenvalue weighted by Crippen LogP contribution is -2.23. The van der Waals surface area contributed by atoms with E-state index >= 15 is 0 Å². The Labute approximate surface area is 106 Å². The van der Waals surface area contributed by atoms with Gasteiger partial charge < -0.3 is 0 Å². The van der Waals surface area contributed by atoms with Crippen molar-refractivity contribution in [2.45, 2.75) is 24.2 Å². The molecule has 1 atom stereocenters. The van der Waals surface area contributed by atoms with Crippen molar-refractivity contribution in [1.82, 2.24) is 0 Å². The standard InChI is InChI=1S/C11H16S3Si/c1-15(2,3)10-6-8-13-11(14-10)9-5-4-7-12-9/h4-7,11H,8H2,1-3H3. The van der Waals surface area contributed by atoms with Crippen LogP contribution in [0.4, 0.5) is 0 Å². The molecule has 0 saturated heterocycles. The van der Waals surface area contributed by atoms with Crippen LogP contribution in [0.15, 0.2) is 28.1 Å². The van der Waals surface area contributed by atoms with Gasteiger partial charge >= 0.3 is 0 Å². The molecule has 0 amide bonds. The highest BCUT2D eigenvalue weighted by Gasteiger charge is 2.27. The van der Waals surface area contributed by atoms with Gasteiger partial charge in [-0.3, -0.25) is 0 Å². The first-order valence-electron chi connectivity index (χ1n) is 5.09. The van der Waals surface area contributed by atoms with Gasteiger partial charge in [0.25, 0.3) is 0 Å². The molecule has 1 aliphatic rings. The van der Waals surface area contributed by atoms with E-state index in [9.17, 15) is 0 Å². The first-order chi connectivity index (χ1) is 7.07. The van der Waals surface area contributed by atoms with E-state index in [1.165, 1.54) is 10.6 Å². The van der Waals surface area contributed by atoms with Gasteiger partial charge in [0.15, 0.2) is 0 Å². The molecule has 1 aliphatic heterocycles. The highest BCUT2D eigenvalue weighted by molar-refractivity contribution is 8.20. The van der Waals surface area contributed by atoms with Gasteiger partial charge in [-0.05, 0) is 16.0 Å². The molecule has 82 valence electrons. The maximum absolute atomic E-state index is 2.45. The lowest BCUT2D eigenvalue weighted by Gasteiger charge is -2.28. The monoisotopic (exact) mass is 272 g/mol. The first kappa shape index (κ1) is 11.8. The first-order valence-corrected chi connectivity index (χ1v) is 11.4. The van der Waals surface area contributed by atoms with Gasteiger partial charge in [-0.25, -0.2) is 0 Å². The Balaban J connectivity index is 2.13. The highest BCUT2D eigenvalue weighted by Crippen LogP contribution is 2.50. The number of thiophene rings is 1. The van der Waals surface area contributed by atoms with E-state index < -0.39 is 8.07 Å². The molecular weight excluding hydrogens is 256 g/mol. The summed E-state index contributed by atoms with van der Waals surface area (Å²) in [6.07, 6.45) is 2.45. The Morgan fingerprint density at radius 2 is 2.13 bits per heavy atom. The van der Waals surface area contributed by atoms with Crippen molar-refractivity contribution < 1.29 is 0 Å². The second-order valence-corrected chi connectivity index (χ2v) is 13.6. The maximum atomic E-state index is 2.45. The lowest BCUT2D eigenvalue weighted by molar-refractivity contribution is 1.47. The molecule has 0 aromatic carbocycles. The minimum atomic E-state index is -1.10. The molecular formula is C11H16S3Si. The Kier molecular flexibility index (Phi) is 3.70. The Hall–Kier alpha value is 0.357. The van der Waals surface area contributed by atoms with Crippen molar-refractivity contribution in [2.75, 3.05) is 5.75 Å². The number of hydrogen-bond acceptors (Lipinski definition) is 3. The van der Waals surface area contributed by atoms with E-state index in [0.717, 1.165) is 0 Å². The molecule has 0 nitrogen and oxygen atoms in total. The second-order valence-electron chi connectivity index (χ2n) is 4.62. The van der Waals surface area contributed by atoms with Gasteiger partial charge in [-0.1, -0.05) is 31.8 Å². The third-order valence-electron chi connectivity index (χ3n) is 2.27. The average Bonchev–Trinajstić information content (AvgIpc) is 2.69. The summed E-state index contributed by atoms with van der Waals surface area (Å²) in [5, 5.41) is 2.18. The number of thioether (sulfide) groups is 2. The molecule has 15 heavy (non-hydrogen) atoms. The fourth-order valence-electron chi connectivity index (χ4n) is 1.46. The number of rotatable bonds is 2. The summed E-state index contributed by atoms with van der Waals surface area (Å²) < 4.78 is 2.33. The van der Waals surface area contributed by atoms with Crippen LogP contribution in [0.1, 0.15) is 9.46 Å². The van der Waals surface area contributed by atoms with Gasteiger partial charge in [-0.15, -0.1) is 34.9 Å². The zero-order valence-corrected chi connectivity index (χ0v) is 12.8. The van der Waals surface area contributed by atoms with E-state index in [1.54, 1.807) is 4.53 Å². The molecule has 0 radical (unpaired) electrons. The molecule has 2 rings (SSSR count). The summed E-state index contributed by atoms with van der Waals surface area (Å²) in [6, 6.07) is 4.43. The van der Waals surface area contributed by atoms with Crippen LogP contribution in [0.5, 0.6) is 0 Å². The third-order valence-corrected chi connectivity index (χ3v) is 9.88. The molecule has 1 aromatic rings. The average molecular weight is 273 g/mol. The molecule has 1 unspecified atom stereocenters. The summed E-state index contributed by atoms with van der Waals surface area (Å²) in [4.78, 5) is 1.52. The minimum Gasteiger partial charge on any atom is -0.147 e. The Morgan fingerprint density at radius 1 is 1.33 bits per heavy atom. The molecule has 2 heterocycles. The van der Waals surface area contributed by atoms with Crippen LogP contribution in [0, 0.1) is 0 Å². The number of hydrogen-bond donors (Lipinski definition) is 0. The normalized spacial score (nSPS) is 22.6. The molecule has 0 aliphatic carbocycles. The van der Waals surface area contributed by atoms with Gasteiger partial charge in [0.2, 0.25) is 0 Å². The fourth-order valence-corrected chi connectivity index (χ4v) is 7.82. The molecule has 4 heteroatoms. The van der Waals surface area contributed by atoms with Crippen molar-refractivity contribution in [3.63, 3.8) is 0 Å². The lowest BCUT2D eigenvalue weighted by atomic mass is 10.5. The Bertz CT molecular complexity index is 348. The highest BCUT2D eigenvalue weighted by atomic mass is 32.2. The molecule has 0 bridgehead atoms. The van der Waals surface area contributed by atoms with Crippen molar-refractivity contribution in [1.29, 1.82) is 0 Å². The quantitative estimate of drug-likeness (QED) is 0.696. The topological polar surface area (TPSA) is 0 Å². The summed E-state index contributed by atoms with van der Waals surface area (Å²) in [5.74, 6) is 1.19. The molecule has 0 spiro atoms. The van der Waals surface area contributed by atoms with Crippen molar-refractivity contribution in [2.24, 2.45) is 0 Å². The largest absolute Gasteiger partial charge is 0.147 e. The zero-order valence-electron chi connectivity index (χ0n) is 9.32. The molecule has 0 saturated carbocycles. The van der Waals surface area contributed by atoms with Gasteiger partial charge in [-0.2, -0.15) is 0 Å². The van der Waals surface area contributed by atoms with E-state index in [2.05, 4.69) is 66.8 Å². The SMILES string of the molecule is C[Si](C)(C)C1=CCSC(c2cccs2)S1. The van der Waals surface area contributed by atoms with E-state index in [4.69, 9.17) is 0 Å². The van der Waals surface area contributed by atoms with E-state index in [0.29, 0.717) is 4.58 Å². The zero-order chi connectivity index (χ0) is 10.9. The summed E-state index contributed by atoms with van der Waals surface area (Å²) >= 11 is 6.04. The van der Waals surface area contributed by atoms with Gasteiger partial charge in [0, 0.05) is 10.6 Å². The predicted molar refractivity (Wildman–Crippen MR) is 78.5 cm³/mol. The van der Waals surface area contributed by atoms with Gasteiger partial charge in [0.05, 0.1) is 12.7 Å². The van der Waals surface area contributed by atoms with Crippen LogP contribution in [-0.2, 0) is 0 Å². The molecule has 0 fully saturated rings. The Morgan fingerprint density at radius 3 is 2.73 bits per heavy atom. The van der Waals surface area contributed by atoms with Crippen LogP contribution in [0.25, 0.3) is 0 Å². The molecule has 1 aromatic heterocycles. The van der Waals surface area contributed by atoms with Crippen LogP contribution >= 0.6 is 34.9 Å². The van der Waals surface area contributed by atoms with Crippen LogP contribution in [-0.4, -0.2) is 13.8 Å². The minimum absolute atomic E-state index is 0.650. The van der Waals surface area contributed by atoms with E-state index in [1.807, 2.05) is 11.3 Å². The molecule has 0 N–H and O–H groups in total. The fraction of sp³-hybridized carbons (Fsp3) is 0.455. The van der Waals surface area contributed by atoms with Crippen molar-refractivity contribution in [3.8, 4) is 0 Å². The third kappa shape index (κ3) is 2.93. The van der Waals surface area contributed by atoms with Crippen molar-refractivity contribution >= 4 is 42.9 Å². The summed E-state index contributed by atoms with van der Waals surface area (Å²) in [6.45, 7) is 7.31. The summed E-state index contributed by atoms with van der Waals surface area (Å²) in [5.41, 5.74) is 0. The smallest absolute Gasteiger partial charge is 0.0886 e. The maximum Gasteiger partial charge on any atom is 0.0886 e. The van der Waals surface area contributed by atoms with Crippen LogP contribution in [0.2, 0.25) is 19.6 Å². The second kappa shape index (κ2) is 4.70. The van der Waals surface area contributed by atoms with Crippen LogP contribution in [0.3, 0.4) is 0 Å². The van der Waals surface area contributed by atoms with Gasteiger partial charge in [0.1, 0.15) is 0 Å². The van der Waals surface area contributed by atoms with Crippen LogP contribution < -0.4 is 0 Å².